The highest BCUT2D eigenvalue weighted by Crippen LogP contribution is 2.36. The summed E-state index contributed by atoms with van der Waals surface area (Å²) in [6.45, 7) is 3.61. The van der Waals surface area contributed by atoms with Gasteiger partial charge >= 0.3 is 0 Å². The van der Waals surface area contributed by atoms with Crippen LogP contribution in [0.4, 0.5) is 8.78 Å². The maximum absolute atomic E-state index is 14.6. The zero-order valence-corrected chi connectivity index (χ0v) is 15.8. The summed E-state index contributed by atoms with van der Waals surface area (Å²) >= 11 is 1.29. The van der Waals surface area contributed by atoms with E-state index in [9.17, 15) is 8.78 Å². The third-order valence-corrected chi connectivity index (χ3v) is 5.02. The van der Waals surface area contributed by atoms with E-state index in [4.69, 9.17) is 4.52 Å². The first-order valence-electron chi connectivity index (χ1n) is 8.46. The number of aromatic nitrogens is 5. The molecule has 0 spiro atoms. The lowest BCUT2D eigenvalue weighted by Gasteiger charge is -2.12. The molecule has 4 aromatic rings. The smallest absolute Gasteiger partial charge is 0.239 e. The topological polar surface area (TPSA) is 69.6 Å². The molecule has 0 N–H and O–H groups in total. The summed E-state index contributed by atoms with van der Waals surface area (Å²) in [4.78, 5) is 4.22. The summed E-state index contributed by atoms with van der Waals surface area (Å²) in [5, 5.41) is 12.5. The molecule has 6 nitrogen and oxygen atoms in total. The van der Waals surface area contributed by atoms with Gasteiger partial charge in [-0.25, -0.2) is 8.78 Å². The Bertz CT molecular complexity index is 1110. The van der Waals surface area contributed by atoms with E-state index in [1.54, 1.807) is 11.5 Å². The van der Waals surface area contributed by atoms with Gasteiger partial charge in [0, 0.05) is 11.6 Å². The molecule has 0 aliphatic heterocycles. The number of hydrogen-bond donors (Lipinski definition) is 0. The molecule has 0 aliphatic carbocycles. The maximum Gasteiger partial charge on any atom is 0.239 e. The molecular formula is C19H15F2N5OS. The molecule has 0 radical (unpaired) electrons. The average Bonchev–Trinajstić information content (AvgIpc) is 3.29. The first-order chi connectivity index (χ1) is 13.5. The van der Waals surface area contributed by atoms with E-state index >= 15 is 0 Å². The Labute approximate surface area is 163 Å². The number of benzene rings is 2. The lowest BCUT2D eigenvalue weighted by Crippen LogP contribution is -2.04. The van der Waals surface area contributed by atoms with Gasteiger partial charge in [-0.2, -0.15) is 4.98 Å². The van der Waals surface area contributed by atoms with Gasteiger partial charge in [-0.15, -0.1) is 10.2 Å². The minimum absolute atomic E-state index is 0.154. The summed E-state index contributed by atoms with van der Waals surface area (Å²) in [7, 11) is 0. The van der Waals surface area contributed by atoms with Crippen LogP contribution in [0.2, 0.25) is 0 Å². The van der Waals surface area contributed by atoms with Crippen LogP contribution in [-0.2, 0) is 0 Å². The molecule has 1 atom stereocenters. The highest BCUT2D eigenvalue weighted by molar-refractivity contribution is 7.99. The van der Waals surface area contributed by atoms with Gasteiger partial charge in [-0.3, -0.25) is 4.57 Å². The quantitative estimate of drug-likeness (QED) is 0.451. The molecule has 0 aliphatic rings. The van der Waals surface area contributed by atoms with Crippen LogP contribution < -0.4 is 0 Å². The molecule has 0 fully saturated rings. The Kier molecular flexibility index (Phi) is 4.91. The molecule has 2 aromatic heterocycles. The van der Waals surface area contributed by atoms with Crippen LogP contribution in [-0.4, -0.2) is 24.9 Å². The van der Waals surface area contributed by atoms with Gasteiger partial charge in [0.05, 0.1) is 10.9 Å². The Morgan fingerprint density at radius 3 is 2.54 bits per heavy atom. The molecule has 142 valence electrons. The van der Waals surface area contributed by atoms with Crippen molar-refractivity contribution < 1.29 is 13.3 Å². The summed E-state index contributed by atoms with van der Waals surface area (Å²) in [6.07, 6.45) is 0. The van der Waals surface area contributed by atoms with Crippen LogP contribution in [0.25, 0.3) is 17.1 Å². The average molecular weight is 399 g/mol. The monoisotopic (exact) mass is 399 g/mol. The van der Waals surface area contributed by atoms with E-state index in [1.165, 1.54) is 23.9 Å². The molecule has 28 heavy (non-hydrogen) atoms. The lowest BCUT2D eigenvalue weighted by atomic mass is 10.2. The van der Waals surface area contributed by atoms with Crippen molar-refractivity contribution in [2.45, 2.75) is 24.3 Å². The minimum atomic E-state index is -0.708. The van der Waals surface area contributed by atoms with Crippen molar-refractivity contribution in [3.63, 3.8) is 0 Å². The fourth-order valence-corrected chi connectivity index (χ4v) is 3.58. The predicted molar refractivity (Wildman–Crippen MR) is 100 cm³/mol. The summed E-state index contributed by atoms with van der Waals surface area (Å²) < 4.78 is 34.8. The van der Waals surface area contributed by atoms with Crippen LogP contribution in [0.15, 0.2) is 58.2 Å². The largest absolute Gasteiger partial charge is 0.338 e. The van der Waals surface area contributed by atoms with E-state index in [0.29, 0.717) is 22.7 Å². The van der Waals surface area contributed by atoms with Gasteiger partial charge < -0.3 is 4.52 Å². The van der Waals surface area contributed by atoms with Crippen molar-refractivity contribution in [3.8, 4) is 17.1 Å². The third kappa shape index (κ3) is 3.53. The fourth-order valence-electron chi connectivity index (χ4n) is 2.69. The van der Waals surface area contributed by atoms with Gasteiger partial charge in [0.15, 0.2) is 16.8 Å². The van der Waals surface area contributed by atoms with Gasteiger partial charge in [-0.05, 0) is 26.0 Å². The van der Waals surface area contributed by atoms with Gasteiger partial charge in [-0.1, -0.05) is 47.3 Å². The maximum atomic E-state index is 14.6. The Balaban J connectivity index is 1.81. The van der Waals surface area contributed by atoms with Crippen molar-refractivity contribution in [2.75, 3.05) is 0 Å². The van der Waals surface area contributed by atoms with Gasteiger partial charge in [0.2, 0.25) is 5.89 Å². The standard InChI is InChI=1S/C19H15F2N5OS/c1-11(18-22-12(2)25-27-18)28-19-24-23-17(13-6-4-3-5-7-13)26(19)16-9-8-14(20)10-15(16)21/h3-11H,1-2H3/t11-/m0/s1. The Morgan fingerprint density at radius 2 is 1.86 bits per heavy atom. The second-order valence-corrected chi connectivity index (χ2v) is 7.35. The van der Waals surface area contributed by atoms with E-state index in [1.807, 2.05) is 37.3 Å². The van der Waals surface area contributed by atoms with Crippen molar-refractivity contribution in [1.82, 2.24) is 24.9 Å². The van der Waals surface area contributed by atoms with Crippen molar-refractivity contribution in [2.24, 2.45) is 0 Å². The molecule has 0 saturated carbocycles. The number of aryl methyl sites for hydroxylation is 1. The highest BCUT2D eigenvalue weighted by atomic mass is 32.2. The number of halogens is 2. The van der Waals surface area contributed by atoms with Gasteiger partial charge in [0.1, 0.15) is 11.6 Å². The van der Waals surface area contributed by atoms with Crippen LogP contribution >= 0.6 is 11.8 Å². The molecule has 2 aromatic carbocycles. The summed E-state index contributed by atoms with van der Waals surface area (Å²) in [5.74, 6) is 0.0403. The third-order valence-electron chi connectivity index (χ3n) is 3.99. The second kappa shape index (κ2) is 7.51. The summed E-state index contributed by atoms with van der Waals surface area (Å²) in [5.41, 5.74) is 0.911. The Morgan fingerprint density at radius 1 is 1.07 bits per heavy atom. The van der Waals surface area contributed by atoms with Gasteiger partial charge in [0.25, 0.3) is 0 Å². The lowest BCUT2D eigenvalue weighted by molar-refractivity contribution is 0.376. The zero-order chi connectivity index (χ0) is 19.7. The van der Waals surface area contributed by atoms with E-state index < -0.39 is 11.6 Å². The molecule has 2 heterocycles. The van der Waals surface area contributed by atoms with Crippen molar-refractivity contribution in [1.29, 1.82) is 0 Å². The van der Waals surface area contributed by atoms with Crippen molar-refractivity contribution in [3.05, 3.63) is 71.9 Å². The number of nitrogens with zero attached hydrogens (tertiary/aromatic N) is 5. The number of thioether (sulfide) groups is 1. The first-order valence-corrected chi connectivity index (χ1v) is 9.34. The van der Waals surface area contributed by atoms with Crippen LogP contribution in [0.1, 0.15) is 23.9 Å². The highest BCUT2D eigenvalue weighted by Gasteiger charge is 2.23. The number of hydrogen-bond acceptors (Lipinski definition) is 6. The SMILES string of the molecule is Cc1noc([C@H](C)Sc2nnc(-c3ccccc3)n2-c2ccc(F)cc2F)n1. The zero-order valence-electron chi connectivity index (χ0n) is 15.0. The van der Waals surface area contributed by atoms with E-state index in [-0.39, 0.29) is 10.9 Å². The van der Waals surface area contributed by atoms with Crippen LogP contribution in [0.5, 0.6) is 0 Å². The number of rotatable bonds is 5. The van der Waals surface area contributed by atoms with Crippen molar-refractivity contribution >= 4 is 11.8 Å². The predicted octanol–water partition coefficient (Wildman–Crippen LogP) is 4.76. The minimum Gasteiger partial charge on any atom is -0.338 e. The molecule has 0 saturated heterocycles. The molecule has 0 unspecified atom stereocenters. The van der Waals surface area contributed by atoms with E-state index in [0.717, 1.165) is 11.6 Å². The van der Waals surface area contributed by atoms with E-state index in [2.05, 4.69) is 20.3 Å². The molecule has 9 heteroatoms. The van der Waals surface area contributed by atoms with Crippen LogP contribution in [0.3, 0.4) is 0 Å². The van der Waals surface area contributed by atoms with Crippen LogP contribution in [0, 0.1) is 18.6 Å². The first kappa shape index (κ1) is 18.3. The molecular weight excluding hydrogens is 384 g/mol. The fraction of sp³-hybridized carbons (Fsp3) is 0.158. The Hall–Kier alpha value is -3.07. The molecule has 4 rings (SSSR count). The summed E-state index contributed by atoms with van der Waals surface area (Å²) in [6, 6.07) is 12.7. The molecule has 0 bridgehead atoms. The second-order valence-electron chi connectivity index (χ2n) is 6.04. The molecule has 0 amide bonds. The normalized spacial score (nSPS) is 12.3.